The van der Waals surface area contributed by atoms with E-state index in [1.165, 1.54) is 35.9 Å². The predicted octanol–water partition coefficient (Wildman–Crippen LogP) is 3.63. The van der Waals surface area contributed by atoms with Crippen LogP contribution in [0.15, 0.2) is 34.3 Å². The number of carbonyl (C=O) groups is 1. The molecule has 0 aliphatic heterocycles. The highest BCUT2D eigenvalue weighted by Gasteiger charge is 2.20. The molecule has 1 amide bonds. The lowest BCUT2D eigenvalue weighted by atomic mass is 9.96. The number of aromatic nitrogens is 4. The highest BCUT2D eigenvalue weighted by atomic mass is 32.2. The number of tetrazole rings is 1. The minimum Gasteiger partial charge on any atom is -0.325 e. The zero-order valence-electron chi connectivity index (χ0n) is 13.6. The Kier molecular flexibility index (Phi) is 6.14. The van der Waals surface area contributed by atoms with Crippen LogP contribution in [0.25, 0.3) is 0 Å². The van der Waals surface area contributed by atoms with E-state index in [1.807, 2.05) is 35.2 Å². The molecule has 1 aliphatic carbocycles. The predicted molar refractivity (Wildman–Crippen MR) is 97.5 cm³/mol. The molecule has 3 rings (SSSR count). The Bertz CT molecular complexity index is 667. The highest BCUT2D eigenvalue weighted by Crippen LogP contribution is 2.30. The first-order chi connectivity index (χ1) is 11.8. The molecule has 0 unspecified atom stereocenters. The van der Waals surface area contributed by atoms with Crippen LogP contribution < -0.4 is 5.32 Å². The molecule has 0 atom stereocenters. The van der Waals surface area contributed by atoms with E-state index in [0.717, 1.165) is 23.7 Å². The second-order valence-corrected chi connectivity index (χ2v) is 7.59. The normalized spacial score (nSPS) is 15.4. The van der Waals surface area contributed by atoms with Crippen LogP contribution in [-0.4, -0.2) is 38.1 Å². The number of hydrogen-bond donors (Lipinski definition) is 1. The number of benzene rings is 1. The van der Waals surface area contributed by atoms with Gasteiger partial charge in [0.1, 0.15) is 0 Å². The van der Waals surface area contributed by atoms with Crippen molar-refractivity contribution >= 4 is 35.1 Å². The summed E-state index contributed by atoms with van der Waals surface area (Å²) in [4.78, 5) is 13.3. The average molecular weight is 364 g/mol. The first-order valence-electron chi connectivity index (χ1n) is 8.11. The highest BCUT2D eigenvalue weighted by molar-refractivity contribution is 7.99. The fourth-order valence-electron chi connectivity index (χ4n) is 2.84. The summed E-state index contributed by atoms with van der Waals surface area (Å²) in [7, 11) is 0. The number of thioether (sulfide) groups is 2. The summed E-state index contributed by atoms with van der Waals surface area (Å²) in [5.74, 6) is 0.257. The molecule has 8 heteroatoms. The number of anilines is 1. The number of carbonyl (C=O) groups excluding carboxylic acids is 1. The first-order valence-corrected chi connectivity index (χ1v) is 10.3. The van der Waals surface area contributed by atoms with Crippen LogP contribution >= 0.6 is 23.5 Å². The van der Waals surface area contributed by atoms with Crippen LogP contribution in [-0.2, 0) is 4.79 Å². The van der Waals surface area contributed by atoms with Crippen molar-refractivity contribution in [2.45, 2.75) is 48.2 Å². The number of amides is 1. The first kappa shape index (κ1) is 17.3. The second-order valence-electron chi connectivity index (χ2n) is 5.76. The van der Waals surface area contributed by atoms with Crippen molar-refractivity contribution < 1.29 is 4.79 Å². The van der Waals surface area contributed by atoms with E-state index in [-0.39, 0.29) is 5.91 Å². The van der Waals surface area contributed by atoms with E-state index in [9.17, 15) is 4.79 Å². The molecule has 128 valence electrons. The van der Waals surface area contributed by atoms with Crippen molar-refractivity contribution in [1.82, 2.24) is 20.2 Å². The third kappa shape index (κ3) is 4.51. The quantitative estimate of drug-likeness (QED) is 0.790. The minimum absolute atomic E-state index is 0.0462. The summed E-state index contributed by atoms with van der Waals surface area (Å²) in [5, 5.41) is 15.6. The molecule has 24 heavy (non-hydrogen) atoms. The van der Waals surface area contributed by atoms with Crippen molar-refractivity contribution in [2.75, 3.05) is 17.3 Å². The van der Waals surface area contributed by atoms with Crippen molar-refractivity contribution in [1.29, 1.82) is 0 Å². The van der Waals surface area contributed by atoms with E-state index < -0.39 is 0 Å². The smallest absolute Gasteiger partial charge is 0.234 e. The largest absolute Gasteiger partial charge is 0.325 e. The van der Waals surface area contributed by atoms with Gasteiger partial charge >= 0.3 is 0 Å². The average Bonchev–Trinajstić information content (AvgIpc) is 3.10. The van der Waals surface area contributed by atoms with Crippen molar-refractivity contribution in [2.24, 2.45) is 0 Å². The molecule has 1 aromatic carbocycles. The summed E-state index contributed by atoms with van der Waals surface area (Å²) >= 11 is 3.07. The number of rotatable bonds is 6. The third-order valence-corrected chi connectivity index (χ3v) is 5.77. The summed E-state index contributed by atoms with van der Waals surface area (Å²) in [6, 6.07) is 8.20. The Hall–Kier alpha value is -1.54. The van der Waals surface area contributed by atoms with Gasteiger partial charge in [0.05, 0.1) is 11.8 Å². The Labute approximate surface area is 150 Å². The molecular weight excluding hydrogens is 342 g/mol. The lowest BCUT2D eigenvalue weighted by Crippen LogP contribution is -2.17. The molecule has 2 aromatic rings. The van der Waals surface area contributed by atoms with Gasteiger partial charge in [-0.25, -0.2) is 4.68 Å². The van der Waals surface area contributed by atoms with Gasteiger partial charge in [-0.2, -0.15) is 0 Å². The second kappa shape index (κ2) is 8.53. The maximum atomic E-state index is 12.1. The Morgan fingerprint density at radius 1 is 1.25 bits per heavy atom. The summed E-state index contributed by atoms with van der Waals surface area (Å²) < 4.78 is 1.89. The molecule has 1 heterocycles. The molecule has 0 bridgehead atoms. The van der Waals surface area contributed by atoms with Gasteiger partial charge < -0.3 is 5.32 Å². The Morgan fingerprint density at radius 2 is 2.00 bits per heavy atom. The van der Waals surface area contributed by atoms with Gasteiger partial charge in [-0.1, -0.05) is 31.0 Å². The molecule has 6 nitrogen and oxygen atoms in total. The molecule has 0 saturated heterocycles. The summed E-state index contributed by atoms with van der Waals surface area (Å²) in [6.45, 7) is 0. The number of nitrogens with zero attached hydrogens (tertiary/aromatic N) is 4. The van der Waals surface area contributed by atoms with E-state index >= 15 is 0 Å². The summed E-state index contributed by atoms with van der Waals surface area (Å²) in [6.07, 6.45) is 8.00. The zero-order chi connectivity index (χ0) is 16.8. The van der Waals surface area contributed by atoms with E-state index in [2.05, 4.69) is 20.8 Å². The van der Waals surface area contributed by atoms with Crippen molar-refractivity contribution in [3.05, 3.63) is 24.3 Å². The molecule has 0 spiro atoms. The van der Waals surface area contributed by atoms with Crippen LogP contribution in [0.3, 0.4) is 0 Å². The maximum absolute atomic E-state index is 12.1. The molecular formula is C16H21N5OS2. The van der Waals surface area contributed by atoms with Crippen LogP contribution in [0, 0.1) is 0 Å². The molecule has 1 N–H and O–H groups in total. The van der Waals surface area contributed by atoms with Gasteiger partial charge in [-0.15, -0.1) is 16.9 Å². The number of nitrogens with one attached hydrogen (secondary N) is 1. The van der Waals surface area contributed by atoms with E-state index in [4.69, 9.17) is 0 Å². The molecule has 1 aliphatic rings. The van der Waals surface area contributed by atoms with Crippen LogP contribution in [0.2, 0.25) is 0 Å². The van der Waals surface area contributed by atoms with Gasteiger partial charge in [0.2, 0.25) is 11.1 Å². The third-order valence-electron chi connectivity index (χ3n) is 4.09. The van der Waals surface area contributed by atoms with Gasteiger partial charge in [0.15, 0.2) is 0 Å². The van der Waals surface area contributed by atoms with Crippen molar-refractivity contribution in [3.8, 4) is 0 Å². The van der Waals surface area contributed by atoms with Gasteiger partial charge in [0, 0.05) is 10.6 Å². The molecule has 1 saturated carbocycles. The van der Waals surface area contributed by atoms with Crippen LogP contribution in [0.1, 0.15) is 38.1 Å². The SMILES string of the molecule is CSc1ccc(NC(=O)CSc2nnnn2C2CCCCC2)cc1. The number of hydrogen-bond acceptors (Lipinski definition) is 6. The van der Waals surface area contributed by atoms with Crippen LogP contribution in [0.5, 0.6) is 0 Å². The maximum Gasteiger partial charge on any atom is 0.234 e. The molecule has 1 aromatic heterocycles. The fraction of sp³-hybridized carbons (Fsp3) is 0.500. The molecule has 0 radical (unpaired) electrons. The zero-order valence-corrected chi connectivity index (χ0v) is 15.3. The lowest BCUT2D eigenvalue weighted by Gasteiger charge is -2.21. The molecule has 1 fully saturated rings. The minimum atomic E-state index is -0.0462. The topological polar surface area (TPSA) is 72.7 Å². The standard InChI is InChI=1S/C16H21N5OS2/c1-23-14-9-7-12(8-10-14)17-15(22)11-24-16-18-19-20-21(16)13-5-3-2-4-6-13/h7-10,13H,2-6,11H2,1H3,(H,17,22). The fourth-order valence-corrected chi connectivity index (χ4v) is 3.99. The van der Waals surface area contributed by atoms with Crippen LogP contribution in [0.4, 0.5) is 5.69 Å². The Morgan fingerprint density at radius 3 is 2.71 bits per heavy atom. The monoisotopic (exact) mass is 363 g/mol. The van der Waals surface area contributed by atoms with Crippen molar-refractivity contribution in [3.63, 3.8) is 0 Å². The summed E-state index contributed by atoms with van der Waals surface area (Å²) in [5.41, 5.74) is 0.810. The van der Waals surface area contributed by atoms with Gasteiger partial charge in [-0.05, 0) is 53.8 Å². The Balaban J connectivity index is 1.53. The van der Waals surface area contributed by atoms with E-state index in [0.29, 0.717) is 11.8 Å². The van der Waals surface area contributed by atoms with Gasteiger partial charge in [0.25, 0.3) is 0 Å². The lowest BCUT2D eigenvalue weighted by molar-refractivity contribution is -0.113. The van der Waals surface area contributed by atoms with E-state index in [1.54, 1.807) is 11.8 Å². The van der Waals surface area contributed by atoms with Gasteiger partial charge in [-0.3, -0.25) is 4.79 Å².